The molecule has 2 nitrogen and oxygen atoms in total. The summed E-state index contributed by atoms with van der Waals surface area (Å²) in [4.78, 5) is 4.77. The molecule has 0 bridgehead atoms. The number of nitrogens with zero attached hydrogens (tertiary/aromatic N) is 2. The molecule has 0 N–H and O–H groups in total. The zero-order valence-electron chi connectivity index (χ0n) is 11.3. The van der Waals surface area contributed by atoms with Gasteiger partial charge < -0.3 is 4.57 Å². The van der Waals surface area contributed by atoms with Crippen LogP contribution in [0.2, 0.25) is 0 Å². The van der Waals surface area contributed by atoms with E-state index in [9.17, 15) is 0 Å². The normalized spacial score (nSPS) is 10.9. The van der Waals surface area contributed by atoms with Gasteiger partial charge in [0.05, 0.1) is 5.69 Å². The van der Waals surface area contributed by atoms with Gasteiger partial charge in [0, 0.05) is 35.4 Å². The highest BCUT2D eigenvalue weighted by molar-refractivity contribution is 7.13. The van der Waals surface area contributed by atoms with E-state index < -0.39 is 0 Å². The second kappa shape index (κ2) is 4.67. The maximum Gasteiger partial charge on any atom is 0.125 e. The van der Waals surface area contributed by atoms with E-state index in [0.717, 1.165) is 10.7 Å². The zero-order chi connectivity index (χ0) is 13.4. The van der Waals surface area contributed by atoms with Gasteiger partial charge in [-0.1, -0.05) is 30.3 Å². The Morgan fingerprint density at radius 2 is 1.84 bits per heavy atom. The topological polar surface area (TPSA) is 17.8 Å². The van der Waals surface area contributed by atoms with Crippen LogP contribution in [0.5, 0.6) is 0 Å². The van der Waals surface area contributed by atoms with E-state index in [-0.39, 0.29) is 0 Å². The summed E-state index contributed by atoms with van der Waals surface area (Å²) >= 11 is 1.71. The smallest absolute Gasteiger partial charge is 0.125 e. The van der Waals surface area contributed by atoms with Crippen molar-refractivity contribution >= 4 is 11.3 Å². The van der Waals surface area contributed by atoms with Crippen molar-refractivity contribution in [1.29, 1.82) is 0 Å². The molecular weight excluding hydrogens is 252 g/mol. The lowest BCUT2D eigenvalue weighted by Crippen LogP contribution is -1.87. The lowest BCUT2D eigenvalue weighted by atomic mass is 10.1. The monoisotopic (exact) mass is 268 g/mol. The largest absolute Gasteiger partial charge is 0.354 e. The van der Waals surface area contributed by atoms with E-state index in [1.54, 1.807) is 11.3 Å². The van der Waals surface area contributed by atoms with Crippen LogP contribution in [0.4, 0.5) is 0 Å². The molecule has 19 heavy (non-hydrogen) atoms. The molecule has 0 radical (unpaired) electrons. The van der Waals surface area contributed by atoms with Gasteiger partial charge in [0.15, 0.2) is 0 Å². The van der Waals surface area contributed by atoms with Crippen LogP contribution in [0.3, 0.4) is 0 Å². The van der Waals surface area contributed by atoms with E-state index in [1.807, 2.05) is 18.2 Å². The molecule has 0 saturated heterocycles. The molecule has 0 atom stereocenters. The Kier molecular flexibility index (Phi) is 2.99. The minimum Gasteiger partial charge on any atom is -0.354 e. The number of hydrogen-bond acceptors (Lipinski definition) is 2. The van der Waals surface area contributed by atoms with Gasteiger partial charge in [-0.2, -0.15) is 0 Å². The van der Waals surface area contributed by atoms with Crippen LogP contribution in [-0.2, 0) is 7.05 Å². The fourth-order valence-corrected chi connectivity index (χ4v) is 3.10. The lowest BCUT2D eigenvalue weighted by molar-refractivity contribution is 0.877. The highest BCUT2D eigenvalue weighted by Gasteiger charge is 2.12. The van der Waals surface area contributed by atoms with Crippen molar-refractivity contribution in [2.24, 2.45) is 7.05 Å². The average Bonchev–Trinajstić information content (AvgIpc) is 3.01. The van der Waals surface area contributed by atoms with Crippen molar-refractivity contribution in [3.8, 4) is 21.8 Å². The standard InChI is InChI=1S/C16H16N2S/c1-11-12(2)18(3)9-14(11)16-17-15(10-19-16)13-7-5-4-6-8-13/h4-10H,1-3H3. The molecule has 0 spiro atoms. The maximum absolute atomic E-state index is 4.77. The fraction of sp³-hybridized carbons (Fsp3) is 0.188. The van der Waals surface area contributed by atoms with Crippen molar-refractivity contribution in [2.75, 3.05) is 0 Å². The minimum absolute atomic E-state index is 1.06. The van der Waals surface area contributed by atoms with Crippen LogP contribution < -0.4 is 0 Å². The quantitative estimate of drug-likeness (QED) is 0.672. The van der Waals surface area contributed by atoms with Crippen LogP contribution in [-0.4, -0.2) is 9.55 Å². The van der Waals surface area contributed by atoms with Crippen LogP contribution in [0.25, 0.3) is 21.8 Å². The summed E-state index contributed by atoms with van der Waals surface area (Å²) in [6.45, 7) is 4.30. The Hall–Kier alpha value is -1.87. The zero-order valence-corrected chi connectivity index (χ0v) is 12.2. The van der Waals surface area contributed by atoms with Crippen molar-refractivity contribution in [3.63, 3.8) is 0 Å². The van der Waals surface area contributed by atoms with Crippen molar-refractivity contribution in [1.82, 2.24) is 9.55 Å². The van der Waals surface area contributed by atoms with E-state index in [0.29, 0.717) is 0 Å². The number of benzene rings is 1. The van der Waals surface area contributed by atoms with E-state index in [1.165, 1.54) is 22.4 Å². The predicted molar refractivity (Wildman–Crippen MR) is 81.4 cm³/mol. The molecule has 96 valence electrons. The SMILES string of the molecule is Cc1c(-c2nc(-c3ccccc3)cs2)cn(C)c1C. The maximum atomic E-state index is 4.77. The first-order valence-corrected chi connectivity index (χ1v) is 7.18. The van der Waals surface area contributed by atoms with Gasteiger partial charge in [-0.25, -0.2) is 4.98 Å². The molecule has 3 heteroatoms. The predicted octanol–water partition coefficient (Wildman–Crippen LogP) is 4.43. The van der Waals surface area contributed by atoms with Crippen LogP contribution >= 0.6 is 11.3 Å². The molecule has 3 rings (SSSR count). The van der Waals surface area contributed by atoms with Gasteiger partial charge >= 0.3 is 0 Å². The number of aryl methyl sites for hydroxylation is 1. The molecule has 0 fully saturated rings. The summed E-state index contributed by atoms with van der Waals surface area (Å²) in [5.41, 5.74) is 6.09. The highest BCUT2D eigenvalue weighted by Crippen LogP contribution is 2.32. The molecule has 2 aromatic heterocycles. The first-order valence-electron chi connectivity index (χ1n) is 6.30. The van der Waals surface area contributed by atoms with Crippen LogP contribution in [0, 0.1) is 13.8 Å². The van der Waals surface area contributed by atoms with Gasteiger partial charge in [-0.05, 0) is 19.4 Å². The van der Waals surface area contributed by atoms with Crippen LogP contribution in [0.15, 0.2) is 41.9 Å². The van der Waals surface area contributed by atoms with Crippen molar-refractivity contribution in [3.05, 3.63) is 53.2 Å². The Bertz CT molecular complexity index is 708. The van der Waals surface area contributed by atoms with Crippen LogP contribution in [0.1, 0.15) is 11.3 Å². The minimum atomic E-state index is 1.06. The van der Waals surface area contributed by atoms with Gasteiger partial charge in [-0.3, -0.25) is 0 Å². The third kappa shape index (κ3) is 2.10. The summed E-state index contributed by atoms with van der Waals surface area (Å²) < 4.78 is 2.16. The summed E-state index contributed by atoms with van der Waals surface area (Å²) in [7, 11) is 2.08. The fourth-order valence-electron chi connectivity index (χ4n) is 2.20. The second-order valence-electron chi connectivity index (χ2n) is 4.77. The van der Waals surface area contributed by atoms with Gasteiger partial charge in [-0.15, -0.1) is 11.3 Å². The van der Waals surface area contributed by atoms with Gasteiger partial charge in [0.25, 0.3) is 0 Å². The Morgan fingerprint density at radius 1 is 1.11 bits per heavy atom. The lowest BCUT2D eigenvalue weighted by Gasteiger charge is -1.96. The molecule has 0 aliphatic carbocycles. The number of rotatable bonds is 2. The third-order valence-electron chi connectivity index (χ3n) is 3.60. The van der Waals surface area contributed by atoms with Crippen molar-refractivity contribution < 1.29 is 0 Å². The molecule has 2 heterocycles. The summed E-state index contributed by atoms with van der Waals surface area (Å²) in [6.07, 6.45) is 2.16. The number of thiazole rings is 1. The van der Waals surface area contributed by atoms with E-state index in [2.05, 4.69) is 49.2 Å². The summed E-state index contributed by atoms with van der Waals surface area (Å²) in [5.74, 6) is 0. The average molecular weight is 268 g/mol. The third-order valence-corrected chi connectivity index (χ3v) is 4.48. The molecule has 0 aliphatic heterocycles. The van der Waals surface area contributed by atoms with Gasteiger partial charge in [0.1, 0.15) is 5.01 Å². The first kappa shape index (κ1) is 12.2. The summed E-state index contributed by atoms with van der Waals surface area (Å²) in [5, 5.41) is 3.23. The Labute approximate surface area is 117 Å². The summed E-state index contributed by atoms with van der Waals surface area (Å²) in [6, 6.07) is 10.3. The Morgan fingerprint density at radius 3 is 2.47 bits per heavy atom. The van der Waals surface area contributed by atoms with E-state index >= 15 is 0 Å². The van der Waals surface area contributed by atoms with Crippen molar-refractivity contribution in [2.45, 2.75) is 13.8 Å². The Balaban J connectivity index is 2.04. The molecule has 1 aromatic carbocycles. The molecule has 3 aromatic rings. The van der Waals surface area contributed by atoms with E-state index in [4.69, 9.17) is 4.98 Å². The number of hydrogen-bond donors (Lipinski definition) is 0. The molecule has 0 aliphatic rings. The first-order chi connectivity index (χ1) is 9.16. The molecular formula is C16H16N2S. The molecule has 0 saturated carbocycles. The second-order valence-corrected chi connectivity index (χ2v) is 5.63. The molecule has 0 unspecified atom stereocenters. The van der Waals surface area contributed by atoms with Gasteiger partial charge in [0.2, 0.25) is 0 Å². The molecule has 0 amide bonds. The number of aromatic nitrogens is 2. The highest BCUT2D eigenvalue weighted by atomic mass is 32.1.